The maximum Gasteiger partial charge on any atom is 0.408 e. The quantitative estimate of drug-likeness (QED) is 0.456. The van der Waals surface area contributed by atoms with Gasteiger partial charge in [-0.05, 0) is 57.2 Å². The van der Waals surface area contributed by atoms with Crippen molar-refractivity contribution in [1.82, 2.24) is 10.3 Å². The van der Waals surface area contributed by atoms with Crippen LogP contribution in [0.15, 0.2) is 60.7 Å². The maximum absolute atomic E-state index is 12.7. The molecule has 1 saturated carbocycles. The number of alkyl carbamates (subject to hydrolysis) is 1. The second kappa shape index (κ2) is 9.78. The lowest BCUT2D eigenvalue weighted by Gasteiger charge is -2.43. The van der Waals surface area contributed by atoms with Crippen molar-refractivity contribution < 1.29 is 14.3 Å². The molecule has 0 atom stereocenters. The van der Waals surface area contributed by atoms with Crippen LogP contribution >= 0.6 is 0 Å². The predicted molar refractivity (Wildman–Crippen MR) is 151 cm³/mol. The SMILES string of the molecule is CN1CCC(=O)N(C)c2cc(-c3ccccc3)c(-c3ccc(C4(NC(=O)OC(C)(C)C)CCC4)cc3)nc21. The summed E-state index contributed by atoms with van der Waals surface area (Å²) in [7, 11) is 3.80. The molecule has 1 fully saturated rings. The average Bonchev–Trinajstić information content (AvgIpc) is 2.97. The monoisotopic (exact) mass is 512 g/mol. The first-order valence-corrected chi connectivity index (χ1v) is 13.3. The maximum atomic E-state index is 12.7. The minimum Gasteiger partial charge on any atom is -0.444 e. The zero-order chi connectivity index (χ0) is 27.1. The van der Waals surface area contributed by atoms with Crippen LogP contribution in [0.2, 0.25) is 0 Å². The summed E-state index contributed by atoms with van der Waals surface area (Å²) in [4.78, 5) is 34.2. The van der Waals surface area contributed by atoms with Crippen LogP contribution in [0.5, 0.6) is 0 Å². The van der Waals surface area contributed by atoms with E-state index in [9.17, 15) is 9.59 Å². The number of carbonyl (C=O) groups is 2. The third-order valence-electron chi connectivity index (χ3n) is 7.48. The van der Waals surface area contributed by atoms with Crippen molar-refractivity contribution in [3.05, 3.63) is 66.2 Å². The topological polar surface area (TPSA) is 74.8 Å². The Morgan fingerprint density at radius 3 is 2.29 bits per heavy atom. The van der Waals surface area contributed by atoms with Gasteiger partial charge in [0.15, 0.2) is 5.82 Å². The van der Waals surface area contributed by atoms with E-state index in [-0.39, 0.29) is 12.0 Å². The molecule has 2 aromatic carbocycles. The van der Waals surface area contributed by atoms with Gasteiger partial charge in [-0.25, -0.2) is 9.78 Å². The molecule has 0 bridgehead atoms. The minimum absolute atomic E-state index is 0.0804. The van der Waals surface area contributed by atoms with Crippen molar-refractivity contribution in [2.45, 2.75) is 57.6 Å². The fourth-order valence-corrected chi connectivity index (χ4v) is 5.21. The molecule has 5 rings (SSSR count). The summed E-state index contributed by atoms with van der Waals surface area (Å²) >= 11 is 0. The van der Waals surface area contributed by atoms with Crippen molar-refractivity contribution in [2.75, 3.05) is 30.4 Å². The molecule has 1 aromatic heterocycles. The van der Waals surface area contributed by atoms with Crippen LogP contribution in [0, 0.1) is 0 Å². The molecule has 7 nitrogen and oxygen atoms in total. The van der Waals surface area contributed by atoms with Gasteiger partial charge in [-0.15, -0.1) is 0 Å². The summed E-state index contributed by atoms with van der Waals surface area (Å²) in [6.45, 7) is 6.23. The first-order chi connectivity index (χ1) is 18.1. The molecule has 38 heavy (non-hydrogen) atoms. The smallest absolute Gasteiger partial charge is 0.408 e. The van der Waals surface area contributed by atoms with E-state index in [4.69, 9.17) is 9.72 Å². The van der Waals surface area contributed by atoms with Crippen molar-refractivity contribution in [2.24, 2.45) is 0 Å². The van der Waals surface area contributed by atoms with Gasteiger partial charge < -0.3 is 19.9 Å². The van der Waals surface area contributed by atoms with E-state index >= 15 is 0 Å². The normalized spacial score (nSPS) is 16.8. The average molecular weight is 513 g/mol. The molecule has 1 N–H and O–H groups in total. The number of aromatic nitrogens is 1. The highest BCUT2D eigenvalue weighted by molar-refractivity contribution is 5.99. The number of ether oxygens (including phenoxy) is 1. The Kier molecular flexibility index (Phi) is 6.63. The number of carbonyl (C=O) groups excluding carboxylic acids is 2. The summed E-state index contributed by atoms with van der Waals surface area (Å²) in [5, 5.41) is 3.14. The molecule has 0 radical (unpaired) electrons. The standard InChI is InChI=1S/C31H36N4O3/c1-30(2,3)38-29(37)33-31(17-9-18-31)23-14-12-22(13-15-23)27-24(21-10-7-6-8-11-21)20-25-28(32-27)34(4)19-16-26(36)35(25)5/h6-8,10-15,20H,9,16-19H2,1-5H3,(H,33,37). The third kappa shape index (κ3) is 4.97. The van der Waals surface area contributed by atoms with Gasteiger partial charge in [-0.2, -0.15) is 0 Å². The molecule has 2 aliphatic rings. The highest BCUT2D eigenvalue weighted by Gasteiger charge is 2.41. The summed E-state index contributed by atoms with van der Waals surface area (Å²) in [5.74, 6) is 0.871. The zero-order valence-corrected chi connectivity index (χ0v) is 22.9. The summed E-state index contributed by atoms with van der Waals surface area (Å²) in [6.07, 6.45) is 2.87. The lowest BCUT2D eigenvalue weighted by atomic mass is 9.71. The molecule has 3 aromatic rings. The van der Waals surface area contributed by atoms with Gasteiger partial charge >= 0.3 is 6.09 Å². The summed E-state index contributed by atoms with van der Waals surface area (Å²) in [5.41, 5.74) is 4.77. The van der Waals surface area contributed by atoms with E-state index in [1.54, 1.807) is 4.90 Å². The van der Waals surface area contributed by atoms with E-state index in [0.29, 0.717) is 13.0 Å². The van der Waals surface area contributed by atoms with E-state index in [1.165, 1.54) is 0 Å². The first-order valence-electron chi connectivity index (χ1n) is 13.3. The Morgan fingerprint density at radius 2 is 1.68 bits per heavy atom. The van der Waals surface area contributed by atoms with Crippen LogP contribution in [-0.2, 0) is 15.1 Å². The first kappa shape index (κ1) is 25.8. The largest absolute Gasteiger partial charge is 0.444 e. The van der Waals surface area contributed by atoms with Crippen molar-refractivity contribution in [1.29, 1.82) is 0 Å². The lowest BCUT2D eigenvalue weighted by molar-refractivity contribution is -0.118. The van der Waals surface area contributed by atoms with E-state index < -0.39 is 11.1 Å². The fourth-order valence-electron chi connectivity index (χ4n) is 5.21. The predicted octanol–water partition coefficient (Wildman–Crippen LogP) is 6.12. The van der Waals surface area contributed by atoms with E-state index in [2.05, 4.69) is 52.7 Å². The Hall–Kier alpha value is -3.87. The third-order valence-corrected chi connectivity index (χ3v) is 7.48. The lowest BCUT2D eigenvalue weighted by Crippen LogP contribution is -2.52. The van der Waals surface area contributed by atoms with Gasteiger partial charge in [0, 0.05) is 38.2 Å². The van der Waals surface area contributed by atoms with Crippen molar-refractivity contribution in [3.63, 3.8) is 0 Å². The second-order valence-corrected chi connectivity index (χ2v) is 11.4. The number of pyridine rings is 1. The molecule has 2 heterocycles. The molecule has 198 valence electrons. The van der Waals surface area contributed by atoms with Crippen LogP contribution in [-0.4, -0.2) is 43.2 Å². The van der Waals surface area contributed by atoms with Crippen molar-refractivity contribution in [3.8, 4) is 22.4 Å². The van der Waals surface area contributed by atoms with Gasteiger partial charge in [0.25, 0.3) is 0 Å². The van der Waals surface area contributed by atoms with E-state index in [1.807, 2.05) is 53.1 Å². The Bertz CT molecular complexity index is 1340. The highest BCUT2D eigenvalue weighted by atomic mass is 16.6. The number of hydrogen-bond acceptors (Lipinski definition) is 5. The van der Waals surface area contributed by atoms with Gasteiger partial charge in [-0.1, -0.05) is 54.6 Å². The molecule has 0 spiro atoms. The Labute approximate surface area is 224 Å². The van der Waals surface area contributed by atoms with Crippen LogP contribution < -0.4 is 15.1 Å². The molecule has 1 aliphatic heterocycles. The van der Waals surface area contributed by atoms with Crippen LogP contribution in [0.1, 0.15) is 52.0 Å². The molecule has 7 heteroatoms. The highest BCUT2D eigenvalue weighted by Crippen LogP contribution is 2.43. The van der Waals surface area contributed by atoms with Crippen LogP contribution in [0.4, 0.5) is 16.3 Å². The molecule has 1 aliphatic carbocycles. The Morgan fingerprint density at radius 1 is 1.00 bits per heavy atom. The fraction of sp³-hybridized carbons (Fsp3) is 0.387. The van der Waals surface area contributed by atoms with Gasteiger partial charge in [0.05, 0.1) is 16.9 Å². The van der Waals surface area contributed by atoms with Crippen molar-refractivity contribution >= 4 is 23.5 Å². The number of nitrogens with one attached hydrogen (secondary N) is 1. The zero-order valence-electron chi connectivity index (χ0n) is 22.9. The van der Waals surface area contributed by atoms with Crippen LogP contribution in [0.3, 0.4) is 0 Å². The molecular weight excluding hydrogens is 476 g/mol. The minimum atomic E-state index is -0.546. The Balaban J connectivity index is 1.55. The van der Waals surface area contributed by atoms with Crippen LogP contribution in [0.25, 0.3) is 22.4 Å². The molecule has 2 amide bonds. The summed E-state index contributed by atoms with van der Waals surface area (Å²) in [6, 6.07) is 20.6. The van der Waals surface area contributed by atoms with Gasteiger partial charge in [-0.3, -0.25) is 4.79 Å². The number of benzene rings is 2. The number of hydrogen-bond donors (Lipinski definition) is 1. The molecule has 0 saturated heterocycles. The van der Waals surface area contributed by atoms with Gasteiger partial charge in [0.1, 0.15) is 5.60 Å². The summed E-state index contributed by atoms with van der Waals surface area (Å²) < 4.78 is 5.55. The second-order valence-electron chi connectivity index (χ2n) is 11.4. The molecule has 0 unspecified atom stereocenters. The number of anilines is 2. The number of fused-ring (bicyclic) bond motifs is 1. The number of rotatable bonds is 4. The molecular formula is C31H36N4O3. The van der Waals surface area contributed by atoms with Gasteiger partial charge in [0.2, 0.25) is 5.91 Å². The number of nitrogens with zero attached hydrogens (tertiary/aromatic N) is 3. The van der Waals surface area contributed by atoms with E-state index in [0.717, 1.165) is 58.7 Å². The number of amides is 2.